The van der Waals surface area contributed by atoms with Gasteiger partial charge in [0.15, 0.2) is 5.13 Å². The fourth-order valence-electron chi connectivity index (χ4n) is 2.17. The number of ether oxygens (including phenoxy) is 1. The van der Waals surface area contributed by atoms with Crippen molar-refractivity contribution >= 4 is 28.3 Å². The number of nitrogens with one attached hydrogen (secondary N) is 1. The molecule has 1 aromatic heterocycles. The Morgan fingerprint density at radius 2 is 2.05 bits per heavy atom. The van der Waals surface area contributed by atoms with Crippen LogP contribution in [0.15, 0.2) is 23.7 Å². The molecule has 0 unspecified atom stereocenters. The molecule has 0 saturated carbocycles. The fourth-order valence-corrected chi connectivity index (χ4v) is 2.70. The van der Waals surface area contributed by atoms with Gasteiger partial charge in [-0.05, 0) is 26.7 Å². The van der Waals surface area contributed by atoms with E-state index < -0.39 is 11.8 Å². The van der Waals surface area contributed by atoms with E-state index in [0.29, 0.717) is 18.0 Å². The molecule has 2 atom stereocenters. The molecule has 0 aliphatic heterocycles. The molecule has 20 heavy (non-hydrogen) atoms. The van der Waals surface area contributed by atoms with Gasteiger partial charge in [-0.25, -0.2) is 4.98 Å². The number of anilines is 1. The Morgan fingerprint density at radius 3 is 2.65 bits per heavy atom. The highest BCUT2D eigenvalue weighted by molar-refractivity contribution is 7.13. The van der Waals surface area contributed by atoms with Crippen molar-refractivity contribution in [2.24, 2.45) is 11.8 Å². The maximum atomic E-state index is 12.3. The van der Waals surface area contributed by atoms with Gasteiger partial charge in [-0.2, -0.15) is 0 Å². The number of esters is 1. The van der Waals surface area contributed by atoms with Crippen molar-refractivity contribution in [1.82, 2.24) is 4.98 Å². The van der Waals surface area contributed by atoms with Gasteiger partial charge in [0.25, 0.3) is 0 Å². The van der Waals surface area contributed by atoms with Crippen molar-refractivity contribution in [1.29, 1.82) is 0 Å². The smallest absolute Gasteiger partial charge is 0.310 e. The average Bonchev–Trinajstić information content (AvgIpc) is 2.90. The molecule has 1 amide bonds. The Bertz CT molecular complexity index is 497. The molecule has 0 bridgehead atoms. The number of rotatable bonds is 4. The molecule has 0 radical (unpaired) electrons. The van der Waals surface area contributed by atoms with E-state index in [2.05, 4.69) is 10.3 Å². The Labute approximate surface area is 122 Å². The van der Waals surface area contributed by atoms with Crippen LogP contribution in [0.1, 0.15) is 26.7 Å². The number of nitrogens with zero attached hydrogens (tertiary/aromatic N) is 1. The lowest BCUT2D eigenvalue weighted by Crippen LogP contribution is -2.36. The molecular weight excluding hydrogens is 276 g/mol. The molecule has 2 rings (SSSR count). The summed E-state index contributed by atoms with van der Waals surface area (Å²) >= 11 is 1.36. The zero-order chi connectivity index (χ0) is 14.5. The molecule has 0 fully saturated rings. The Balaban J connectivity index is 2.05. The summed E-state index contributed by atoms with van der Waals surface area (Å²) in [6, 6.07) is 0. The quantitative estimate of drug-likeness (QED) is 0.684. The van der Waals surface area contributed by atoms with E-state index in [1.807, 2.05) is 12.2 Å². The number of thiazole rings is 1. The van der Waals surface area contributed by atoms with E-state index in [0.717, 1.165) is 0 Å². The van der Waals surface area contributed by atoms with Gasteiger partial charge in [0, 0.05) is 11.6 Å². The van der Waals surface area contributed by atoms with Gasteiger partial charge in [0.2, 0.25) is 5.91 Å². The second-order valence-corrected chi connectivity index (χ2v) is 5.86. The van der Waals surface area contributed by atoms with Gasteiger partial charge >= 0.3 is 5.97 Å². The lowest BCUT2D eigenvalue weighted by molar-refractivity contribution is -0.156. The summed E-state index contributed by atoms with van der Waals surface area (Å²) in [6.45, 7) is 3.61. The van der Waals surface area contributed by atoms with Gasteiger partial charge in [0.1, 0.15) is 0 Å². The lowest BCUT2D eigenvalue weighted by atomic mass is 9.82. The summed E-state index contributed by atoms with van der Waals surface area (Å²) in [6.07, 6.45) is 6.42. The Hall–Kier alpha value is -1.69. The van der Waals surface area contributed by atoms with Crippen LogP contribution in [0.4, 0.5) is 5.13 Å². The second kappa shape index (κ2) is 6.65. The summed E-state index contributed by atoms with van der Waals surface area (Å²) in [5.41, 5.74) is 0. The van der Waals surface area contributed by atoms with Crippen molar-refractivity contribution < 1.29 is 14.3 Å². The monoisotopic (exact) mass is 294 g/mol. The first-order chi connectivity index (χ1) is 9.58. The zero-order valence-electron chi connectivity index (χ0n) is 11.5. The summed E-state index contributed by atoms with van der Waals surface area (Å²) < 4.78 is 5.24. The normalized spacial score (nSPS) is 21.8. The van der Waals surface area contributed by atoms with E-state index in [1.165, 1.54) is 11.3 Å². The van der Waals surface area contributed by atoms with Crippen LogP contribution in [0.5, 0.6) is 0 Å². The van der Waals surface area contributed by atoms with Gasteiger partial charge < -0.3 is 10.1 Å². The van der Waals surface area contributed by atoms with Gasteiger partial charge in [-0.15, -0.1) is 11.3 Å². The van der Waals surface area contributed by atoms with Crippen LogP contribution >= 0.6 is 11.3 Å². The second-order valence-electron chi connectivity index (χ2n) is 4.97. The van der Waals surface area contributed by atoms with Gasteiger partial charge in [-0.1, -0.05) is 12.2 Å². The molecule has 1 aliphatic carbocycles. The average molecular weight is 294 g/mol. The first kappa shape index (κ1) is 14.7. The molecule has 6 heteroatoms. The van der Waals surface area contributed by atoms with E-state index in [-0.39, 0.29) is 18.0 Å². The van der Waals surface area contributed by atoms with Crippen LogP contribution in [0, 0.1) is 11.8 Å². The summed E-state index contributed by atoms with van der Waals surface area (Å²) in [5, 5.41) is 5.11. The molecule has 5 nitrogen and oxygen atoms in total. The van der Waals surface area contributed by atoms with Crippen molar-refractivity contribution in [2.45, 2.75) is 32.8 Å². The van der Waals surface area contributed by atoms with E-state index >= 15 is 0 Å². The van der Waals surface area contributed by atoms with E-state index in [1.54, 1.807) is 25.4 Å². The standard InChI is InChI=1S/C14H18N2O3S/c1-9(2)19-13(18)11-6-4-3-5-10(11)12(17)16-14-15-7-8-20-14/h3-4,7-11H,5-6H2,1-2H3,(H,15,16,17)/t10-,11+/m0/s1. The highest BCUT2D eigenvalue weighted by Gasteiger charge is 2.35. The molecule has 1 aliphatic rings. The van der Waals surface area contributed by atoms with Crippen molar-refractivity contribution in [3.8, 4) is 0 Å². The molecule has 0 aromatic carbocycles. The third-order valence-corrected chi connectivity index (χ3v) is 3.77. The van der Waals surface area contributed by atoms with Crippen molar-refractivity contribution in [2.75, 3.05) is 5.32 Å². The Kier molecular flexibility index (Phi) is 4.89. The van der Waals surface area contributed by atoms with Crippen LogP contribution in [0.25, 0.3) is 0 Å². The highest BCUT2D eigenvalue weighted by atomic mass is 32.1. The topological polar surface area (TPSA) is 68.3 Å². The highest BCUT2D eigenvalue weighted by Crippen LogP contribution is 2.28. The number of hydrogen-bond acceptors (Lipinski definition) is 5. The number of aromatic nitrogens is 1. The van der Waals surface area contributed by atoms with Crippen LogP contribution in [-0.4, -0.2) is 23.0 Å². The minimum Gasteiger partial charge on any atom is -0.463 e. The third kappa shape index (κ3) is 3.66. The largest absolute Gasteiger partial charge is 0.463 e. The number of carbonyl (C=O) groups excluding carboxylic acids is 2. The van der Waals surface area contributed by atoms with Crippen LogP contribution in [-0.2, 0) is 14.3 Å². The fraction of sp³-hybridized carbons (Fsp3) is 0.500. The SMILES string of the molecule is CC(C)OC(=O)[C@@H]1CC=CC[C@@H]1C(=O)Nc1nccs1. The van der Waals surface area contributed by atoms with Crippen molar-refractivity contribution in [3.05, 3.63) is 23.7 Å². The minimum atomic E-state index is -0.414. The molecule has 1 N–H and O–H groups in total. The predicted octanol–water partition coefficient (Wildman–Crippen LogP) is 2.62. The van der Waals surface area contributed by atoms with Gasteiger partial charge in [-0.3, -0.25) is 9.59 Å². The Morgan fingerprint density at radius 1 is 1.35 bits per heavy atom. The number of hydrogen-bond donors (Lipinski definition) is 1. The molecule has 1 aromatic rings. The van der Waals surface area contributed by atoms with E-state index in [4.69, 9.17) is 4.74 Å². The van der Waals surface area contributed by atoms with Crippen LogP contribution in [0.2, 0.25) is 0 Å². The molecular formula is C14H18N2O3S. The van der Waals surface area contributed by atoms with E-state index in [9.17, 15) is 9.59 Å². The molecule has 0 spiro atoms. The maximum Gasteiger partial charge on any atom is 0.310 e. The summed E-state index contributed by atoms with van der Waals surface area (Å²) in [5.74, 6) is -1.28. The van der Waals surface area contributed by atoms with Gasteiger partial charge in [0.05, 0.1) is 17.9 Å². The lowest BCUT2D eigenvalue weighted by Gasteiger charge is -2.26. The summed E-state index contributed by atoms with van der Waals surface area (Å²) in [7, 11) is 0. The molecule has 1 heterocycles. The van der Waals surface area contributed by atoms with Crippen molar-refractivity contribution in [3.63, 3.8) is 0 Å². The number of allylic oxidation sites excluding steroid dienone is 2. The minimum absolute atomic E-state index is 0.170. The zero-order valence-corrected chi connectivity index (χ0v) is 12.4. The predicted molar refractivity (Wildman–Crippen MR) is 77.3 cm³/mol. The number of carbonyl (C=O) groups is 2. The maximum absolute atomic E-state index is 12.3. The van der Waals surface area contributed by atoms with Crippen LogP contribution in [0.3, 0.4) is 0 Å². The third-order valence-electron chi connectivity index (χ3n) is 3.09. The first-order valence-electron chi connectivity index (χ1n) is 6.63. The summed E-state index contributed by atoms with van der Waals surface area (Å²) in [4.78, 5) is 28.4. The molecule has 0 saturated heterocycles. The van der Waals surface area contributed by atoms with Crippen LogP contribution < -0.4 is 5.32 Å². The number of amides is 1. The molecule has 108 valence electrons. The first-order valence-corrected chi connectivity index (χ1v) is 7.51.